The zero-order valence-electron chi connectivity index (χ0n) is 8.53. The molecule has 0 aliphatic carbocycles. The highest BCUT2D eigenvalue weighted by Gasteiger charge is 2.26. The first kappa shape index (κ1) is 12.3. The van der Waals surface area contributed by atoms with E-state index in [0.717, 1.165) is 0 Å². The van der Waals surface area contributed by atoms with Crippen LogP contribution in [0, 0.1) is 0 Å². The third-order valence-corrected chi connectivity index (χ3v) is 7.27. The van der Waals surface area contributed by atoms with Gasteiger partial charge in [0, 0.05) is 31.9 Å². The summed E-state index contributed by atoms with van der Waals surface area (Å²) in [7, 11) is 2.07. The molecular formula is C10H14BrNS3. The van der Waals surface area contributed by atoms with E-state index < -0.39 is 0 Å². The lowest BCUT2D eigenvalue weighted by molar-refractivity contribution is 0.600. The number of hydrogen-bond donors (Lipinski definition) is 1. The Hall–Kier alpha value is 0.840. The minimum Gasteiger partial charge on any atom is -0.311 e. The molecule has 0 bridgehead atoms. The molecule has 1 aliphatic rings. The lowest BCUT2D eigenvalue weighted by Gasteiger charge is -2.28. The fraction of sp³-hybridized carbons (Fsp3) is 0.600. The Morgan fingerprint density at radius 1 is 1.53 bits per heavy atom. The molecule has 1 N–H and O–H groups in total. The number of hydrogen-bond acceptors (Lipinski definition) is 4. The Morgan fingerprint density at radius 3 is 2.93 bits per heavy atom. The predicted octanol–water partition coefficient (Wildman–Crippen LogP) is 3.62. The van der Waals surface area contributed by atoms with Gasteiger partial charge < -0.3 is 5.32 Å². The second kappa shape index (κ2) is 5.96. The van der Waals surface area contributed by atoms with E-state index in [1.807, 2.05) is 11.3 Å². The quantitative estimate of drug-likeness (QED) is 0.912. The van der Waals surface area contributed by atoms with Crippen molar-refractivity contribution in [2.45, 2.75) is 11.3 Å². The molecule has 2 unspecified atom stereocenters. The number of thioether (sulfide) groups is 2. The van der Waals surface area contributed by atoms with E-state index in [1.165, 1.54) is 26.6 Å². The summed E-state index contributed by atoms with van der Waals surface area (Å²) in [5.41, 5.74) is 0. The maximum atomic E-state index is 3.63. The van der Waals surface area contributed by atoms with Gasteiger partial charge in [0.2, 0.25) is 0 Å². The van der Waals surface area contributed by atoms with Crippen LogP contribution < -0.4 is 5.32 Å². The molecule has 1 fully saturated rings. The topological polar surface area (TPSA) is 12.0 Å². The van der Waals surface area contributed by atoms with Gasteiger partial charge in [0.25, 0.3) is 0 Å². The van der Waals surface area contributed by atoms with E-state index in [9.17, 15) is 0 Å². The van der Waals surface area contributed by atoms with Crippen LogP contribution in [0.4, 0.5) is 0 Å². The van der Waals surface area contributed by atoms with Crippen LogP contribution in [0.5, 0.6) is 0 Å². The van der Waals surface area contributed by atoms with Crippen molar-refractivity contribution in [3.63, 3.8) is 0 Å². The van der Waals surface area contributed by atoms with E-state index in [0.29, 0.717) is 11.3 Å². The van der Waals surface area contributed by atoms with Crippen molar-refractivity contribution in [3.05, 3.63) is 20.8 Å². The van der Waals surface area contributed by atoms with Crippen LogP contribution in [-0.4, -0.2) is 29.6 Å². The fourth-order valence-electron chi connectivity index (χ4n) is 1.71. The van der Waals surface area contributed by atoms with Gasteiger partial charge >= 0.3 is 0 Å². The Balaban J connectivity index is 2.12. The highest BCUT2D eigenvalue weighted by atomic mass is 79.9. The maximum Gasteiger partial charge on any atom is 0.0552 e. The zero-order chi connectivity index (χ0) is 10.7. The lowest BCUT2D eigenvalue weighted by atomic mass is 10.2. The SMILES string of the molecule is CNC(c1sccc1Br)C1CSCCS1. The van der Waals surface area contributed by atoms with E-state index in [4.69, 9.17) is 0 Å². The number of halogens is 1. The molecule has 0 saturated carbocycles. The summed E-state index contributed by atoms with van der Waals surface area (Å²) in [5.74, 6) is 3.86. The summed E-state index contributed by atoms with van der Waals surface area (Å²) >= 11 is 9.66. The van der Waals surface area contributed by atoms with Crippen molar-refractivity contribution in [3.8, 4) is 0 Å². The molecule has 84 valence electrons. The lowest BCUT2D eigenvalue weighted by Crippen LogP contribution is -2.31. The summed E-state index contributed by atoms with van der Waals surface area (Å²) in [4.78, 5) is 1.44. The van der Waals surface area contributed by atoms with Crippen LogP contribution in [-0.2, 0) is 0 Å². The molecule has 0 aromatic carbocycles. The summed E-state index contributed by atoms with van der Waals surface area (Å²) in [5, 5.41) is 6.33. The summed E-state index contributed by atoms with van der Waals surface area (Å²) < 4.78 is 1.25. The second-order valence-corrected chi connectivity index (χ2v) is 7.68. The van der Waals surface area contributed by atoms with Crippen LogP contribution in [0.1, 0.15) is 10.9 Å². The number of rotatable bonds is 3. The van der Waals surface area contributed by atoms with Crippen LogP contribution >= 0.6 is 50.8 Å². The van der Waals surface area contributed by atoms with Gasteiger partial charge in [-0.05, 0) is 34.4 Å². The van der Waals surface area contributed by atoms with Gasteiger partial charge in [-0.25, -0.2) is 0 Å². The maximum absolute atomic E-state index is 3.63. The normalized spacial score (nSPS) is 24.0. The predicted molar refractivity (Wildman–Crippen MR) is 77.4 cm³/mol. The molecule has 15 heavy (non-hydrogen) atoms. The van der Waals surface area contributed by atoms with E-state index in [1.54, 1.807) is 0 Å². The van der Waals surface area contributed by atoms with Gasteiger partial charge in [0.05, 0.1) is 6.04 Å². The van der Waals surface area contributed by atoms with E-state index >= 15 is 0 Å². The smallest absolute Gasteiger partial charge is 0.0552 e. The molecule has 2 rings (SSSR count). The molecule has 1 saturated heterocycles. The minimum atomic E-state index is 0.497. The first-order chi connectivity index (χ1) is 7.33. The van der Waals surface area contributed by atoms with Crippen LogP contribution in [0.3, 0.4) is 0 Å². The highest BCUT2D eigenvalue weighted by Crippen LogP contribution is 2.38. The van der Waals surface area contributed by atoms with Crippen molar-refractivity contribution >= 4 is 50.8 Å². The molecule has 0 amide bonds. The molecule has 5 heteroatoms. The number of thiophene rings is 1. The van der Waals surface area contributed by atoms with Crippen molar-refractivity contribution in [1.29, 1.82) is 0 Å². The first-order valence-corrected chi connectivity index (χ1v) is 8.80. The average molecular weight is 324 g/mol. The Kier molecular flexibility index (Phi) is 4.89. The van der Waals surface area contributed by atoms with Crippen LogP contribution in [0.25, 0.3) is 0 Å². The minimum absolute atomic E-state index is 0.497. The van der Waals surface area contributed by atoms with Crippen molar-refractivity contribution in [2.24, 2.45) is 0 Å². The molecule has 0 spiro atoms. The van der Waals surface area contributed by atoms with Gasteiger partial charge in [0.1, 0.15) is 0 Å². The van der Waals surface area contributed by atoms with Crippen molar-refractivity contribution < 1.29 is 0 Å². The molecule has 1 aromatic heterocycles. The first-order valence-electron chi connectivity index (χ1n) is 4.92. The summed E-state index contributed by atoms with van der Waals surface area (Å²) in [6.07, 6.45) is 0. The second-order valence-electron chi connectivity index (χ2n) is 3.38. The summed E-state index contributed by atoms with van der Waals surface area (Å²) in [6.45, 7) is 0. The zero-order valence-corrected chi connectivity index (χ0v) is 12.6. The third-order valence-electron chi connectivity index (χ3n) is 2.45. The third kappa shape index (κ3) is 2.94. The fourth-order valence-corrected chi connectivity index (χ4v) is 6.48. The molecule has 1 aromatic rings. The molecule has 0 radical (unpaired) electrons. The van der Waals surface area contributed by atoms with Gasteiger partial charge in [-0.3, -0.25) is 0 Å². The Labute approximate surface area is 112 Å². The number of nitrogens with one attached hydrogen (secondary N) is 1. The van der Waals surface area contributed by atoms with Gasteiger partial charge in [-0.15, -0.1) is 11.3 Å². The van der Waals surface area contributed by atoms with Gasteiger partial charge in [-0.1, -0.05) is 0 Å². The molecule has 2 atom stereocenters. The van der Waals surface area contributed by atoms with Crippen molar-refractivity contribution in [1.82, 2.24) is 5.32 Å². The molecule has 1 aliphatic heterocycles. The Morgan fingerprint density at radius 2 is 2.40 bits per heavy atom. The molecule has 2 heterocycles. The van der Waals surface area contributed by atoms with Crippen LogP contribution in [0.2, 0.25) is 0 Å². The monoisotopic (exact) mass is 323 g/mol. The highest BCUT2D eigenvalue weighted by molar-refractivity contribution is 9.10. The molecular weight excluding hydrogens is 310 g/mol. The van der Waals surface area contributed by atoms with Crippen LogP contribution in [0.15, 0.2) is 15.9 Å². The van der Waals surface area contributed by atoms with Gasteiger partial charge in [-0.2, -0.15) is 23.5 Å². The molecule has 1 nitrogen and oxygen atoms in total. The van der Waals surface area contributed by atoms with E-state index in [2.05, 4.69) is 63.3 Å². The van der Waals surface area contributed by atoms with Gasteiger partial charge in [0.15, 0.2) is 0 Å². The largest absolute Gasteiger partial charge is 0.311 e. The Bertz CT molecular complexity index is 309. The summed E-state index contributed by atoms with van der Waals surface area (Å²) in [6, 6.07) is 2.64. The van der Waals surface area contributed by atoms with Crippen molar-refractivity contribution in [2.75, 3.05) is 24.3 Å². The standard InChI is InChI=1S/C10H14BrNS3/c1-12-9(8-6-13-4-5-14-8)10-7(11)2-3-15-10/h2-3,8-9,12H,4-6H2,1H3. The van der Waals surface area contributed by atoms with E-state index in [-0.39, 0.29) is 0 Å². The average Bonchev–Trinajstić information content (AvgIpc) is 2.68.